The van der Waals surface area contributed by atoms with Crippen molar-refractivity contribution < 1.29 is 9.90 Å². The van der Waals surface area contributed by atoms with Crippen LogP contribution in [0.5, 0.6) is 0 Å². The summed E-state index contributed by atoms with van der Waals surface area (Å²) in [5.41, 5.74) is 1.73. The second-order valence-electron chi connectivity index (χ2n) is 7.96. The van der Waals surface area contributed by atoms with Crippen molar-refractivity contribution >= 4 is 11.6 Å². The number of aliphatic hydroxyl groups is 1. The number of anilines is 1. The maximum absolute atomic E-state index is 12.8. The van der Waals surface area contributed by atoms with Gasteiger partial charge in [-0.3, -0.25) is 4.79 Å². The van der Waals surface area contributed by atoms with Gasteiger partial charge in [0.1, 0.15) is 0 Å². The van der Waals surface area contributed by atoms with Gasteiger partial charge in [0.15, 0.2) is 0 Å². The Morgan fingerprint density at radius 3 is 2.40 bits per heavy atom. The van der Waals surface area contributed by atoms with Crippen molar-refractivity contribution in [1.82, 2.24) is 4.90 Å². The minimum atomic E-state index is -0.191. The summed E-state index contributed by atoms with van der Waals surface area (Å²) in [6.45, 7) is 9.03. The highest BCUT2D eigenvalue weighted by Crippen LogP contribution is 2.22. The van der Waals surface area contributed by atoms with Crippen LogP contribution in [0, 0.1) is 16.7 Å². The van der Waals surface area contributed by atoms with Crippen molar-refractivity contribution in [1.29, 1.82) is 5.26 Å². The van der Waals surface area contributed by atoms with E-state index in [1.54, 1.807) is 4.90 Å². The first-order chi connectivity index (χ1) is 11.8. The monoisotopic (exact) mass is 343 g/mol. The van der Waals surface area contributed by atoms with Crippen molar-refractivity contribution in [3.63, 3.8) is 0 Å². The molecular weight excluding hydrogens is 314 g/mol. The molecule has 25 heavy (non-hydrogen) atoms. The first-order valence-corrected chi connectivity index (χ1v) is 8.99. The fourth-order valence-electron chi connectivity index (χ4n) is 3.13. The zero-order valence-corrected chi connectivity index (χ0v) is 15.5. The Morgan fingerprint density at radius 1 is 1.28 bits per heavy atom. The molecule has 0 saturated carbocycles. The summed E-state index contributed by atoms with van der Waals surface area (Å²) in [5, 5.41) is 18.5. The van der Waals surface area contributed by atoms with Crippen LogP contribution in [0.15, 0.2) is 24.3 Å². The van der Waals surface area contributed by atoms with Crippen molar-refractivity contribution in [2.75, 3.05) is 31.1 Å². The molecule has 0 atom stereocenters. The summed E-state index contributed by atoms with van der Waals surface area (Å²) in [6.07, 6.45) is 1.72. The fraction of sp³-hybridized carbons (Fsp3) is 0.600. The van der Waals surface area contributed by atoms with E-state index in [1.807, 2.05) is 24.3 Å². The van der Waals surface area contributed by atoms with Crippen LogP contribution < -0.4 is 4.90 Å². The number of hydrogen-bond acceptors (Lipinski definition) is 4. The van der Waals surface area contributed by atoms with Crippen LogP contribution in [0.2, 0.25) is 0 Å². The molecule has 5 nitrogen and oxygen atoms in total. The van der Waals surface area contributed by atoms with Gasteiger partial charge in [0, 0.05) is 37.4 Å². The molecule has 5 heteroatoms. The van der Waals surface area contributed by atoms with Crippen LogP contribution in [-0.4, -0.2) is 48.2 Å². The van der Waals surface area contributed by atoms with E-state index in [0.717, 1.165) is 31.6 Å². The van der Waals surface area contributed by atoms with Crippen molar-refractivity contribution in [2.24, 2.45) is 5.41 Å². The summed E-state index contributed by atoms with van der Waals surface area (Å²) >= 11 is 0. The first-order valence-electron chi connectivity index (χ1n) is 8.99. The van der Waals surface area contributed by atoms with Crippen LogP contribution in [0.3, 0.4) is 0 Å². The number of carbonyl (C=O) groups excluding carboxylic acids is 1. The third-order valence-electron chi connectivity index (χ3n) is 4.39. The van der Waals surface area contributed by atoms with Gasteiger partial charge in [-0.1, -0.05) is 20.8 Å². The van der Waals surface area contributed by atoms with E-state index in [1.165, 1.54) is 0 Å². The summed E-state index contributed by atoms with van der Waals surface area (Å²) in [6, 6.07) is 9.81. The predicted octanol–water partition coefficient (Wildman–Crippen LogP) is 3.05. The maximum atomic E-state index is 12.8. The standard InChI is InChI=1S/C20H29N3O2/c1-20(2,3)15-23(12-4-11-21)19(25)16-5-7-17(8-6-16)22-13-9-18(24)10-14-22/h5-8,18,24H,4,9-10,12-15H2,1-3H3. The number of nitrogens with zero attached hydrogens (tertiary/aromatic N) is 3. The molecule has 1 heterocycles. The lowest BCUT2D eigenvalue weighted by Crippen LogP contribution is -2.38. The number of rotatable bonds is 5. The van der Waals surface area contributed by atoms with E-state index >= 15 is 0 Å². The Balaban J connectivity index is 2.07. The Kier molecular flexibility index (Phi) is 6.44. The number of aliphatic hydroxyl groups excluding tert-OH is 1. The van der Waals surface area contributed by atoms with E-state index in [0.29, 0.717) is 25.1 Å². The highest BCUT2D eigenvalue weighted by atomic mass is 16.3. The molecule has 0 unspecified atom stereocenters. The van der Waals surface area contributed by atoms with Gasteiger partial charge in [0.05, 0.1) is 18.6 Å². The highest BCUT2D eigenvalue weighted by Gasteiger charge is 2.22. The average Bonchev–Trinajstić information content (AvgIpc) is 2.58. The molecule has 1 aromatic rings. The van der Waals surface area contributed by atoms with Gasteiger partial charge in [0.25, 0.3) is 5.91 Å². The zero-order valence-electron chi connectivity index (χ0n) is 15.5. The summed E-state index contributed by atoms with van der Waals surface area (Å²) in [4.78, 5) is 16.8. The maximum Gasteiger partial charge on any atom is 0.253 e. The molecule has 1 saturated heterocycles. The fourth-order valence-corrected chi connectivity index (χ4v) is 3.13. The largest absolute Gasteiger partial charge is 0.393 e. The summed E-state index contributed by atoms with van der Waals surface area (Å²) < 4.78 is 0. The minimum absolute atomic E-state index is 0.0142. The van der Waals surface area contributed by atoms with E-state index in [9.17, 15) is 9.90 Å². The minimum Gasteiger partial charge on any atom is -0.393 e. The molecule has 1 aliphatic rings. The van der Waals surface area contributed by atoms with E-state index in [-0.39, 0.29) is 17.4 Å². The Labute approximate surface area is 150 Å². The van der Waals surface area contributed by atoms with Crippen molar-refractivity contribution in [2.45, 2.75) is 46.1 Å². The van der Waals surface area contributed by atoms with E-state index in [4.69, 9.17) is 5.26 Å². The number of hydrogen-bond donors (Lipinski definition) is 1. The number of benzene rings is 1. The Morgan fingerprint density at radius 2 is 1.88 bits per heavy atom. The number of amides is 1. The van der Waals surface area contributed by atoms with Crippen molar-refractivity contribution in [3.05, 3.63) is 29.8 Å². The lowest BCUT2D eigenvalue weighted by molar-refractivity contribution is 0.0700. The SMILES string of the molecule is CC(C)(C)CN(CCC#N)C(=O)c1ccc(N2CCC(O)CC2)cc1. The van der Waals surface area contributed by atoms with Gasteiger partial charge in [-0.2, -0.15) is 5.26 Å². The van der Waals surface area contributed by atoms with Gasteiger partial charge >= 0.3 is 0 Å². The molecule has 1 aliphatic heterocycles. The second kappa shape index (κ2) is 8.35. The van der Waals surface area contributed by atoms with Crippen molar-refractivity contribution in [3.8, 4) is 6.07 Å². The van der Waals surface area contributed by atoms with Gasteiger partial charge in [-0.05, 0) is 42.5 Å². The third-order valence-corrected chi connectivity index (χ3v) is 4.39. The van der Waals surface area contributed by atoms with Gasteiger partial charge < -0.3 is 14.9 Å². The molecule has 2 rings (SSSR count). The molecular formula is C20H29N3O2. The number of piperidine rings is 1. The second-order valence-corrected chi connectivity index (χ2v) is 7.96. The quantitative estimate of drug-likeness (QED) is 0.892. The average molecular weight is 343 g/mol. The van der Waals surface area contributed by atoms with E-state index in [2.05, 4.69) is 31.7 Å². The third kappa shape index (κ3) is 5.75. The lowest BCUT2D eigenvalue weighted by atomic mass is 9.95. The van der Waals surface area contributed by atoms with Crippen LogP contribution in [-0.2, 0) is 0 Å². The number of carbonyl (C=O) groups is 1. The van der Waals surface area contributed by atoms with E-state index < -0.39 is 0 Å². The molecule has 0 spiro atoms. The topological polar surface area (TPSA) is 67.6 Å². The van der Waals surface area contributed by atoms with Crippen LogP contribution in [0.1, 0.15) is 50.4 Å². The molecule has 1 amide bonds. The Hall–Kier alpha value is -2.06. The summed E-state index contributed by atoms with van der Waals surface area (Å²) in [5.74, 6) is -0.0224. The molecule has 0 aliphatic carbocycles. The molecule has 136 valence electrons. The molecule has 1 fully saturated rings. The normalized spacial score (nSPS) is 15.7. The molecule has 1 N–H and O–H groups in total. The zero-order chi connectivity index (χ0) is 18.4. The Bertz CT molecular complexity index is 605. The molecule has 0 bridgehead atoms. The highest BCUT2D eigenvalue weighted by molar-refractivity contribution is 5.94. The summed E-state index contributed by atoms with van der Waals surface area (Å²) in [7, 11) is 0. The van der Waals surface area contributed by atoms with Crippen LogP contribution >= 0.6 is 0 Å². The predicted molar refractivity (Wildman–Crippen MR) is 99.5 cm³/mol. The van der Waals surface area contributed by atoms with Gasteiger partial charge in [-0.25, -0.2) is 0 Å². The molecule has 0 radical (unpaired) electrons. The lowest BCUT2D eigenvalue weighted by Gasteiger charge is -2.32. The van der Waals surface area contributed by atoms with Gasteiger partial charge in [-0.15, -0.1) is 0 Å². The van der Waals surface area contributed by atoms with Crippen LogP contribution in [0.25, 0.3) is 0 Å². The van der Waals surface area contributed by atoms with Crippen LogP contribution in [0.4, 0.5) is 5.69 Å². The smallest absolute Gasteiger partial charge is 0.253 e. The van der Waals surface area contributed by atoms with Gasteiger partial charge in [0.2, 0.25) is 0 Å². The molecule has 0 aromatic heterocycles. The number of nitriles is 1. The first kappa shape index (κ1) is 19.3. The molecule has 1 aromatic carbocycles.